The van der Waals surface area contributed by atoms with Gasteiger partial charge < -0.3 is 16.2 Å². The summed E-state index contributed by atoms with van der Waals surface area (Å²) in [6.07, 6.45) is 4.21. The Hall–Kier alpha value is -1.39. The van der Waals surface area contributed by atoms with Gasteiger partial charge in [0.25, 0.3) is 0 Å². The normalized spacial score (nSPS) is 26.4. The van der Waals surface area contributed by atoms with Crippen LogP contribution in [0.1, 0.15) is 48.5 Å². The predicted octanol–water partition coefficient (Wildman–Crippen LogP) is 1.82. The molecule has 4 nitrogen and oxygen atoms in total. The highest BCUT2D eigenvalue weighted by Crippen LogP contribution is 2.31. The van der Waals surface area contributed by atoms with Crippen molar-refractivity contribution in [1.82, 2.24) is 5.32 Å². The van der Waals surface area contributed by atoms with E-state index in [1.807, 2.05) is 18.2 Å². The molecule has 1 aromatic carbocycles. The molecule has 0 radical (unpaired) electrons. The van der Waals surface area contributed by atoms with Crippen LogP contribution in [-0.2, 0) is 6.54 Å². The van der Waals surface area contributed by atoms with Crippen molar-refractivity contribution in [3.05, 3.63) is 35.4 Å². The summed E-state index contributed by atoms with van der Waals surface area (Å²) in [5.74, 6) is 0.326. The third kappa shape index (κ3) is 3.38. The monoisotopic (exact) mass is 276 g/mol. The van der Waals surface area contributed by atoms with E-state index in [4.69, 9.17) is 5.73 Å². The summed E-state index contributed by atoms with van der Waals surface area (Å²) in [6.45, 7) is 2.95. The summed E-state index contributed by atoms with van der Waals surface area (Å²) in [7, 11) is 0. The maximum Gasteiger partial charge on any atom is 0.249 e. The Morgan fingerprint density at radius 1 is 1.40 bits per heavy atom. The number of amides is 1. The standard InChI is InChI=1S/C16H24N2O2/c1-12-6-8-16(11-19,9-7-12)18-10-13-4-2-3-5-14(13)15(17)20/h2-5,12,18-19H,6-11H2,1H3,(H2,17,20). The SMILES string of the molecule is CC1CCC(CO)(NCc2ccccc2C(N)=O)CC1. The Kier molecular flexibility index (Phi) is 4.78. The van der Waals surface area contributed by atoms with Gasteiger partial charge in [0.15, 0.2) is 0 Å². The maximum atomic E-state index is 11.4. The largest absolute Gasteiger partial charge is 0.394 e. The van der Waals surface area contributed by atoms with Gasteiger partial charge in [-0.3, -0.25) is 4.79 Å². The van der Waals surface area contributed by atoms with Gasteiger partial charge in [0.1, 0.15) is 0 Å². The van der Waals surface area contributed by atoms with E-state index >= 15 is 0 Å². The summed E-state index contributed by atoms with van der Waals surface area (Å²) in [5, 5.41) is 13.2. The van der Waals surface area contributed by atoms with Gasteiger partial charge in [0.2, 0.25) is 5.91 Å². The second kappa shape index (κ2) is 6.37. The second-order valence-corrected chi connectivity index (χ2v) is 6.00. The molecule has 0 unspecified atom stereocenters. The predicted molar refractivity (Wildman–Crippen MR) is 79.2 cm³/mol. The zero-order valence-electron chi connectivity index (χ0n) is 12.1. The van der Waals surface area contributed by atoms with E-state index in [1.165, 1.54) is 0 Å². The van der Waals surface area contributed by atoms with E-state index in [0.29, 0.717) is 12.1 Å². The van der Waals surface area contributed by atoms with E-state index < -0.39 is 5.91 Å². The van der Waals surface area contributed by atoms with Crippen molar-refractivity contribution in [2.24, 2.45) is 11.7 Å². The first-order chi connectivity index (χ1) is 9.56. The topological polar surface area (TPSA) is 75.3 Å². The lowest BCUT2D eigenvalue weighted by Crippen LogP contribution is -2.50. The Bertz CT molecular complexity index is 465. The third-order valence-corrected chi connectivity index (χ3v) is 4.47. The molecule has 1 fully saturated rings. The molecule has 4 N–H and O–H groups in total. The molecule has 1 aliphatic carbocycles. The Labute approximate surface area is 120 Å². The highest BCUT2D eigenvalue weighted by atomic mass is 16.3. The average molecular weight is 276 g/mol. The van der Waals surface area contributed by atoms with Crippen LogP contribution < -0.4 is 11.1 Å². The molecule has 1 aromatic rings. The quantitative estimate of drug-likeness (QED) is 0.768. The maximum absolute atomic E-state index is 11.4. The van der Waals surface area contributed by atoms with Gasteiger partial charge in [0.05, 0.1) is 6.61 Å². The molecule has 0 aromatic heterocycles. The lowest BCUT2D eigenvalue weighted by Gasteiger charge is -2.39. The summed E-state index contributed by atoms with van der Waals surface area (Å²) < 4.78 is 0. The van der Waals surface area contributed by atoms with Gasteiger partial charge >= 0.3 is 0 Å². The molecule has 2 rings (SSSR count). The molecule has 1 amide bonds. The van der Waals surface area contributed by atoms with Crippen molar-refractivity contribution < 1.29 is 9.90 Å². The van der Waals surface area contributed by atoms with Crippen LogP contribution in [0, 0.1) is 5.92 Å². The van der Waals surface area contributed by atoms with Crippen LogP contribution in [0.3, 0.4) is 0 Å². The minimum atomic E-state index is -0.405. The smallest absolute Gasteiger partial charge is 0.249 e. The van der Waals surface area contributed by atoms with Crippen LogP contribution in [0.5, 0.6) is 0 Å². The highest BCUT2D eigenvalue weighted by molar-refractivity contribution is 5.94. The summed E-state index contributed by atoms with van der Waals surface area (Å²) in [5.41, 5.74) is 6.63. The van der Waals surface area contributed by atoms with Crippen molar-refractivity contribution in [2.45, 2.75) is 44.7 Å². The number of hydrogen-bond acceptors (Lipinski definition) is 3. The molecule has 0 bridgehead atoms. The van der Waals surface area contributed by atoms with Gasteiger partial charge in [-0.05, 0) is 43.2 Å². The highest BCUT2D eigenvalue weighted by Gasteiger charge is 2.33. The minimum Gasteiger partial charge on any atom is -0.394 e. The van der Waals surface area contributed by atoms with Gasteiger partial charge in [0, 0.05) is 17.6 Å². The number of rotatable bonds is 5. The first-order valence-electron chi connectivity index (χ1n) is 7.30. The number of aliphatic hydroxyl groups excluding tert-OH is 1. The van der Waals surface area contributed by atoms with E-state index in [2.05, 4.69) is 12.2 Å². The number of hydrogen-bond donors (Lipinski definition) is 3. The van der Waals surface area contributed by atoms with Gasteiger partial charge in [-0.2, -0.15) is 0 Å². The first kappa shape index (κ1) is 15.0. The molecule has 0 saturated heterocycles. The molecule has 110 valence electrons. The van der Waals surface area contributed by atoms with Crippen LogP contribution in [0.15, 0.2) is 24.3 Å². The van der Waals surface area contributed by atoms with E-state index in [0.717, 1.165) is 37.2 Å². The number of aliphatic hydroxyl groups is 1. The van der Waals surface area contributed by atoms with Gasteiger partial charge in [-0.25, -0.2) is 0 Å². The molecule has 0 aliphatic heterocycles. The molecule has 0 spiro atoms. The van der Waals surface area contributed by atoms with Crippen LogP contribution in [0.4, 0.5) is 0 Å². The molecule has 0 heterocycles. The molecule has 4 heteroatoms. The van der Waals surface area contributed by atoms with Gasteiger partial charge in [-0.15, -0.1) is 0 Å². The van der Waals surface area contributed by atoms with E-state index in [1.54, 1.807) is 6.07 Å². The summed E-state index contributed by atoms with van der Waals surface area (Å²) in [4.78, 5) is 11.4. The molecular formula is C16H24N2O2. The number of primary amides is 1. The fraction of sp³-hybridized carbons (Fsp3) is 0.562. The lowest BCUT2D eigenvalue weighted by molar-refractivity contribution is 0.0992. The van der Waals surface area contributed by atoms with Gasteiger partial charge in [-0.1, -0.05) is 25.1 Å². The minimum absolute atomic E-state index is 0.137. The fourth-order valence-corrected chi connectivity index (χ4v) is 2.90. The van der Waals surface area contributed by atoms with Crippen LogP contribution in [0.2, 0.25) is 0 Å². The molecule has 20 heavy (non-hydrogen) atoms. The molecular weight excluding hydrogens is 252 g/mol. The summed E-state index contributed by atoms with van der Waals surface area (Å²) >= 11 is 0. The average Bonchev–Trinajstić information content (AvgIpc) is 2.47. The van der Waals surface area contributed by atoms with E-state index in [-0.39, 0.29) is 12.1 Å². The van der Waals surface area contributed by atoms with Crippen LogP contribution in [0.25, 0.3) is 0 Å². The van der Waals surface area contributed by atoms with E-state index in [9.17, 15) is 9.90 Å². The Morgan fingerprint density at radius 3 is 2.65 bits per heavy atom. The first-order valence-corrected chi connectivity index (χ1v) is 7.30. The number of nitrogens with one attached hydrogen (secondary N) is 1. The fourth-order valence-electron chi connectivity index (χ4n) is 2.90. The van der Waals surface area contributed by atoms with Crippen molar-refractivity contribution in [3.63, 3.8) is 0 Å². The number of benzene rings is 1. The molecule has 1 saturated carbocycles. The number of carbonyl (C=O) groups is 1. The van der Waals surface area contributed by atoms with Crippen molar-refractivity contribution in [2.75, 3.05) is 6.61 Å². The van der Waals surface area contributed by atoms with Crippen molar-refractivity contribution >= 4 is 5.91 Å². The zero-order chi connectivity index (χ0) is 14.6. The van der Waals surface area contributed by atoms with Crippen LogP contribution in [-0.4, -0.2) is 23.2 Å². The molecule has 0 atom stereocenters. The number of carbonyl (C=O) groups excluding carboxylic acids is 1. The second-order valence-electron chi connectivity index (χ2n) is 6.00. The van der Waals surface area contributed by atoms with Crippen molar-refractivity contribution in [3.8, 4) is 0 Å². The summed E-state index contributed by atoms with van der Waals surface area (Å²) in [6, 6.07) is 7.36. The zero-order valence-corrected chi connectivity index (χ0v) is 12.1. The van der Waals surface area contributed by atoms with Crippen LogP contribution >= 0.6 is 0 Å². The van der Waals surface area contributed by atoms with Crippen molar-refractivity contribution in [1.29, 1.82) is 0 Å². The third-order valence-electron chi connectivity index (χ3n) is 4.47. The Balaban J connectivity index is 2.05. The lowest BCUT2D eigenvalue weighted by atomic mass is 9.77. The number of nitrogens with two attached hydrogens (primary N) is 1. The Morgan fingerprint density at radius 2 is 2.05 bits per heavy atom. The molecule has 1 aliphatic rings.